The number of nitrogens with one attached hydrogen (secondary N) is 3. The lowest BCUT2D eigenvalue weighted by Gasteiger charge is -2.23. The van der Waals surface area contributed by atoms with Crippen molar-refractivity contribution in [3.63, 3.8) is 0 Å². The van der Waals surface area contributed by atoms with Gasteiger partial charge in [-0.25, -0.2) is 0 Å². The number of carboxylic acids is 3. The summed E-state index contributed by atoms with van der Waals surface area (Å²) in [6, 6.07) is -2.12. The van der Waals surface area contributed by atoms with E-state index in [9.17, 15) is 34.2 Å². The molecule has 1 saturated carbocycles. The van der Waals surface area contributed by atoms with Gasteiger partial charge in [-0.05, 0) is 51.5 Å². The number of carbonyl (C=O) groups is 5. The standard InChI is InChI=1S/C32H49N3O9S/c1-33-24(32(43)44)19-20-28(37)35-25(31(42)34-21-30(40)41)22-45-27(26(36)16-12-18-29(38)39)17-11-6-4-2-3-5-8-13-23-14-9-7-10-15-23/h2-4,6,8,11,13,17,23-27,33,36H,5,7,9-10,12,14-16,18-22H2,1H3,(H,34,42)(H,35,37)(H,38,39)(H,40,41)(H,43,44)/b3-2-,6-4+,13-8-,17-11+/t24-,25-,26-,27+/m0/s1. The van der Waals surface area contributed by atoms with E-state index in [2.05, 4.69) is 28.1 Å². The second kappa shape index (κ2) is 23.9. The lowest BCUT2D eigenvalue weighted by atomic mass is 9.89. The van der Waals surface area contributed by atoms with Gasteiger partial charge in [0, 0.05) is 23.8 Å². The molecule has 0 bridgehead atoms. The maximum absolute atomic E-state index is 12.7. The van der Waals surface area contributed by atoms with Crippen molar-refractivity contribution in [2.75, 3.05) is 19.3 Å². The first kappa shape index (κ1) is 39.6. The van der Waals surface area contributed by atoms with Crippen molar-refractivity contribution in [2.24, 2.45) is 5.92 Å². The Hall–Kier alpha value is -3.42. The van der Waals surface area contributed by atoms with Gasteiger partial charge in [-0.1, -0.05) is 67.9 Å². The number of hydrogen-bond acceptors (Lipinski definition) is 8. The van der Waals surface area contributed by atoms with Gasteiger partial charge in [0.05, 0.1) is 6.10 Å². The van der Waals surface area contributed by atoms with E-state index in [-0.39, 0.29) is 37.9 Å². The van der Waals surface area contributed by atoms with Crippen molar-refractivity contribution < 1.29 is 44.4 Å². The molecule has 1 aliphatic carbocycles. The summed E-state index contributed by atoms with van der Waals surface area (Å²) in [7, 11) is 1.45. The summed E-state index contributed by atoms with van der Waals surface area (Å²) in [4.78, 5) is 58.4. The first-order valence-electron chi connectivity index (χ1n) is 15.4. The first-order valence-corrected chi connectivity index (χ1v) is 16.4. The normalized spacial score (nSPS) is 17.0. The lowest BCUT2D eigenvalue weighted by molar-refractivity contribution is -0.140. The van der Waals surface area contributed by atoms with Crippen LogP contribution in [0.4, 0.5) is 0 Å². The zero-order chi connectivity index (χ0) is 33.5. The van der Waals surface area contributed by atoms with Gasteiger partial charge in [0.2, 0.25) is 11.8 Å². The Morgan fingerprint density at radius 2 is 1.58 bits per heavy atom. The minimum atomic E-state index is -1.27. The molecule has 12 nitrogen and oxygen atoms in total. The van der Waals surface area contributed by atoms with Crippen LogP contribution in [0.3, 0.4) is 0 Å². The topological polar surface area (TPSA) is 202 Å². The van der Waals surface area contributed by atoms with Crippen LogP contribution in [0.25, 0.3) is 0 Å². The smallest absolute Gasteiger partial charge is 0.322 e. The Balaban J connectivity index is 2.86. The summed E-state index contributed by atoms with van der Waals surface area (Å²) in [5.74, 6) is -4.06. The highest BCUT2D eigenvalue weighted by atomic mass is 32.2. The highest BCUT2D eigenvalue weighted by molar-refractivity contribution is 8.00. The number of likely N-dealkylation sites (N-methyl/N-ethyl adjacent to an activating group) is 1. The molecule has 0 aromatic rings. The fraction of sp³-hybridized carbons (Fsp3) is 0.594. The molecule has 0 unspecified atom stereocenters. The first-order chi connectivity index (χ1) is 21.5. The van der Waals surface area contributed by atoms with Crippen LogP contribution in [0, 0.1) is 5.92 Å². The molecular formula is C32H49N3O9S. The molecule has 0 aromatic heterocycles. The van der Waals surface area contributed by atoms with E-state index < -0.39 is 59.7 Å². The molecule has 2 amide bonds. The van der Waals surface area contributed by atoms with E-state index in [4.69, 9.17) is 10.2 Å². The number of hydrogen-bond donors (Lipinski definition) is 7. The van der Waals surface area contributed by atoms with E-state index in [1.165, 1.54) is 39.2 Å². The Bertz CT molecular complexity index is 1050. The highest BCUT2D eigenvalue weighted by Crippen LogP contribution is 2.24. The van der Waals surface area contributed by atoms with Crippen molar-refractivity contribution in [3.05, 3.63) is 48.6 Å². The third-order valence-corrected chi connectivity index (χ3v) is 8.58. The Labute approximate surface area is 269 Å². The predicted octanol–water partition coefficient (Wildman–Crippen LogP) is 3.04. The quantitative estimate of drug-likeness (QED) is 0.0632. The minimum absolute atomic E-state index is 0.0283. The van der Waals surface area contributed by atoms with Crippen LogP contribution >= 0.6 is 11.8 Å². The molecule has 0 radical (unpaired) electrons. The predicted molar refractivity (Wildman–Crippen MR) is 174 cm³/mol. The zero-order valence-corrected chi connectivity index (χ0v) is 26.8. The summed E-state index contributed by atoms with van der Waals surface area (Å²) < 4.78 is 0. The summed E-state index contributed by atoms with van der Waals surface area (Å²) in [6.07, 6.45) is 22.0. The average Bonchev–Trinajstić information content (AvgIpc) is 3.00. The zero-order valence-electron chi connectivity index (χ0n) is 25.9. The largest absolute Gasteiger partial charge is 0.481 e. The van der Waals surface area contributed by atoms with Crippen LogP contribution in [0.15, 0.2) is 48.6 Å². The van der Waals surface area contributed by atoms with Gasteiger partial charge in [-0.3, -0.25) is 24.0 Å². The van der Waals surface area contributed by atoms with E-state index in [0.717, 1.165) is 18.2 Å². The van der Waals surface area contributed by atoms with Crippen LogP contribution in [0.5, 0.6) is 0 Å². The number of thioether (sulfide) groups is 1. The number of amides is 2. The summed E-state index contributed by atoms with van der Waals surface area (Å²) >= 11 is 1.15. The Kier molecular flexibility index (Phi) is 21.0. The van der Waals surface area contributed by atoms with Gasteiger partial charge >= 0.3 is 17.9 Å². The van der Waals surface area contributed by atoms with Crippen LogP contribution in [-0.4, -0.2) is 92.9 Å². The maximum atomic E-state index is 12.7. The number of rotatable bonds is 23. The van der Waals surface area contributed by atoms with E-state index in [1.807, 2.05) is 18.2 Å². The molecule has 252 valence electrons. The second-order valence-corrected chi connectivity index (χ2v) is 12.1. The SMILES string of the molecule is CN[C@@H](CCC(=O)N[C@@H](CS[C@H](/C=C/C=C/C=C\C/C=C\C1CCCCC1)[C@@H](O)CCCC(=O)O)C(=O)NCC(=O)O)C(=O)O. The van der Waals surface area contributed by atoms with Crippen LogP contribution in [0.2, 0.25) is 0 Å². The number of aliphatic hydroxyl groups excluding tert-OH is 1. The molecule has 1 aliphatic rings. The third-order valence-electron chi connectivity index (χ3n) is 7.20. The molecule has 7 N–H and O–H groups in total. The summed E-state index contributed by atoms with van der Waals surface area (Å²) in [5, 5.41) is 44.7. The molecule has 4 atom stereocenters. The molecule has 13 heteroatoms. The molecule has 1 fully saturated rings. The van der Waals surface area contributed by atoms with Gasteiger partial charge in [0.15, 0.2) is 0 Å². The van der Waals surface area contributed by atoms with Gasteiger partial charge < -0.3 is 36.4 Å². The molecule has 0 saturated heterocycles. The van der Waals surface area contributed by atoms with Gasteiger partial charge in [0.25, 0.3) is 0 Å². The number of carbonyl (C=O) groups excluding carboxylic acids is 2. The van der Waals surface area contributed by atoms with E-state index >= 15 is 0 Å². The van der Waals surface area contributed by atoms with Crippen molar-refractivity contribution in [2.45, 2.75) is 94.1 Å². The van der Waals surface area contributed by atoms with Gasteiger partial charge in [-0.15, -0.1) is 11.8 Å². The minimum Gasteiger partial charge on any atom is -0.481 e. The van der Waals surface area contributed by atoms with Crippen LogP contribution < -0.4 is 16.0 Å². The summed E-state index contributed by atoms with van der Waals surface area (Å²) in [6.45, 7) is -0.660. The monoisotopic (exact) mass is 651 g/mol. The fourth-order valence-electron chi connectivity index (χ4n) is 4.67. The molecular weight excluding hydrogens is 602 g/mol. The molecule has 45 heavy (non-hydrogen) atoms. The summed E-state index contributed by atoms with van der Waals surface area (Å²) in [5.41, 5.74) is 0. The number of carboxylic acid groups (broad SMARTS) is 3. The second-order valence-electron chi connectivity index (χ2n) is 10.9. The van der Waals surface area contributed by atoms with Crippen molar-refractivity contribution in [1.82, 2.24) is 16.0 Å². The van der Waals surface area contributed by atoms with Crippen LogP contribution in [-0.2, 0) is 24.0 Å². The third kappa shape index (κ3) is 19.6. The lowest BCUT2D eigenvalue weighted by Crippen LogP contribution is -2.50. The number of aliphatic carboxylic acids is 3. The molecule has 1 rings (SSSR count). The molecule has 0 heterocycles. The molecule has 0 spiro atoms. The van der Waals surface area contributed by atoms with E-state index in [0.29, 0.717) is 5.92 Å². The Morgan fingerprint density at radius 1 is 0.867 bits per heavy atom. The van der Waals surface area contributed by atoms with Crippen LogP contribution in [0.1, 0.15) is 70.6 Å². The van der Waals surface area contributed by atoms with Crippen molar-refractivity contribution in [1.29, 1.82) is 0 Å². The average molecular weight is 652 g/mol. The maximum Gasteiger partial charge on any atom is 0.322 e. The van der Waals surface area contributed by atoms with Crippen molar-refractivity contribution in [3.8, 4) is 0 Å². The van der Waals surface area contributed by atoms with E-state index in [1.54, 1.807) is 18.2 Å². The van der Waals surface area contributed by atoms with Gasteiger partial charge in [0.1, 0.15) is 18.6 Å². The number of allylic oxidation sites excluding steroid dienone is 7. The molecule has 0 aromatic carbocycles. The fourth-order valence-corrected chi connectivity index (χ4v) is 5.88. The molecule has 0 aliphatic heterocycles. The Morgan fingerprint density at radius 3 is 2.22 bits per heavy atom. The number of aliphatic hydroxyl groups is 1. The van der Waals surface area contributed by atoms with Crippen molar-refractivity contribution >= 4 is 41.5 Å². The highest BCUT2D eigenvalue weighted by Gasteiger charge is 2.26. The van der Waals surface area contributed by atoms with Gasteiger partial charge in [-0.2, -0.15) is 0 Å².